The van der Waals surface area contributed by atoms with Gasteiger partial charge in [0.25, 0.3) is 0 Å². The molecule has 0 unspecified atom stereocenters. The van der Waals surface area contributed by atoms with Crippen molar-refractivity contribution in [3.8, 4) is 16.9 Å². The van der Waals surface area contributed by atoms with Crippen LogP contribution in [0.1, 0.15) is 17.4 Å². The molecule has 0 saturated carbocycles. The smallest absolute Gasteiger partial charge is 0.355 e. The number of H-pyrrole nitrogens is 1. The van der Waals surface area contributed by atoms with Crippen LogP contribution in [0.3, 0.4) is 0 Å². The molecule has 0 aliphatic heterocycles. The fourth-order valence-electron chi connectivity index (χ4n) is 2.60. The molecule has 3 rings (SSSR count). The highest BCUT2D eigenvalue weighted by Gasteiger charge is 2.22. The van der Waals surface area contributed by atoms with Gasteiger partial charge in [-0.2, -0.15) is 0 Å². The summed E-state index contributed by atoms with van der Waals surface area (Å²) in [6.45, 7) is 1.97. The summed E-state index contributed by atoms with van der Waals surface area (Å²) in [5, 5.41) is 0.706. The van der Waals surface area contributed by atoms with Gasteiger partial charge in [-0.3, -0.25) is 0 Å². The van der Waals surface area contributed by atoms with E-state index in [-0.39, 0.29) is 12.3 Å². The number of hydrogen-bond acceptors (Lipinski definition) is 3. The van der Waals surface area contributed by atoms with E-state index in [1.54, 1.807) is 50.4 Å². The van der Waals surface area contributed by atoms with Gasteiger partial charge in [-0.15, -0.1) is 0 Å². The van der Waals surface area contributed by atoms with Crippen molar-refractivity contribution in [3.63, 3.8) is 0 Å². The quantitative estimate of drug-likeness (QED) is 0.736. The van der Waals surface area contributed by atoms with Gasteiger partial charge in [0.1, 0.15) is 17.3 Å². The van der Waals surface area contributed by atoms with E-state index < -0.39 is 11.8 Å². The molecule has 0 fully saturated rings. The van der Waals surface area contributed by atoms with Crippen molar-refractivity contribution in [2.75, 3.05) is 13.7 Å². The molecule has 2 aromatic carbocycles. The first kappa shape index (κ1) is 15.1. The summed E-state index contributed by atoms with van der Waals surface area (Å²) < 4.78 is 24.6. The molecule has 0 atom stereocenters. The maximum Gasteiger partial charge on any atom is 0.355 e. The van der Waals surface area contributed by atoms with Crippen molar-refractivity contribution in [1.29, 1.82) is 0 Å². The third-order valence-corrected chi connectivity index (χ3v) is 3.63. The first-order chi connectivity index (χ1) is 11.2. The maximum atomic E-state index is 14.3. The van der Waals surface area contributed by atoms with Crippen LogP contribution in [0.5, 0.6) is 5.75 Å². The molecule has 0 spiro atoms. The van der Waals surface area contributed by atoms with Gasteiger partial charge in [0.05, 0.1) is 13.7 Å². The number of benzene rings is 2. The molecular formula is C18H16FNO3. The van der Waals surface area contributed by atoms with Gasteiger partial charge in [0.2, 0.25) is 0 Å². The molecular weight excluding hydrogens is 297 g/mol. The number of ether oxygens (including phenoxy) is 2. The number of esters is 1. The van der Waals surface area contributed by atoms with E-state index in [0.717, 1.165) is 0 Å². The van der Waals surface area contributed by atoms with Crippen LogP contribution in [0.2, 0.25) is 0 Å². The number of rotatable bonds is 4. The molecule has 0 amide bonds. The SMILES string of the molecule is CCOC(=O)c1[nH]c2ccc(OC)cc2c1-c1ccccc1F. The molecule has 118 valence electrons. The second kappa shape index (κ2) is 6.12. The first-order valence-electron chi connectivity index (χ1n) is 7.27. The molecule has 5 heteroatoms. The van der Waals surface area contributed by atoms with Crippen LogP contribution in [0.15, 0.2) is 42.5 Å². The van der Waals surface area contributed by atoms with Crippen LogP contribution in [-0.2, 0) is 4.74 Å². The van der Waals surface area contributed by atoms with E-state index in [0.29, 0.717) is 27.8 Å². The number of nitrogens with one attached hydrogen (secondary N) is 1. The summed E-state index contributed by atoms with van der Waals surface area (Å²) in [6, 6.07) is 11.7. The van der Waals surface area contributed by atoms with Gasteiger partial charge in [0.15, 0.2) is 0 Å². The van der Waals surface area contributed by atoms with Crippen LogP contribution in [0.25, 0.3) is 22.0 Å². The molecule has 1 heterocycles. The highest BCUT2D eigenvalue weighted by molar-refractivity contribution is 6.08. The van der Waals surface area contributed by atoms with Crippen molar-refractivity contribution in [3.05, 3.63) is 54.0 Å². The van der Waals surface area contributed by atoms with Crippen LogP contribution in [-0.4, -0.2) is 24.7 Å². The summed E-state index contributed by atoms with van der Waals surface area (Å²) in [4.78, 5) is 15.3. The molecule has 4 nitrogen and oxygen atoms in total. The Hall–Kier alpha value is -2.82. The highest BCUT2D eigenvalue weighted by Crippen LogP contribution is 2.36. The maximum absolute atomic E-state index is 14.3. The topological polar surface area (TPSA) is 51.3 Å². The molecule has 0 bridgehead atoms. The minimum absolute atomic E-state index is 0.236. The number of hydrogen-bond donors (Lipinski definition) is 1. The number of halogens is 1. The zero-order valence-electron chi connectivity index (χ0n) is 12.9. The van der Waals surface area contributed by atoms with Crippen LogP contribution < -0.4 is 4.74 Å². The standard InChI is InChI=1S/C18H16FNO3/c1-3-23-18(21)17-16(12-6-4-5-7-14(12)19)13-10-11(22-2)8-9-15(13)20-17/h4-10,20H,3H2,1-2H3. The Morgan fingerprint density at radius 3 is 2.70 bits per heavy atom. The lowest BCUT2D eigenvalue weighted by Gasteiger charge is -2.06. The number of fused-ring (bicyclic) bond motifs is 1. The minimum Gasteiger partial charge on any atom is -0.497 e. The summed E-state index contributed by atoms with van der Waals surface area (Å²) in [7, 11) is 1.56. The first-order valence-corrected chi connectivity index (χ1v) is 7.27. The third-order valence-electron chi connectivity index (χ3n) is 3.63. The Morgan fingerprint density at radius 2 is 2.00 bits per heavy atom. The van der Waals surface area contributed by atoms with Gasteiger partial charge in [-0.25, -0.2) is 9.18 Å². The van der Waals surface area contributed by atoms with Gasteiger partial charge >= 0.3 is 5.97 Å². The third kappa shape index (κ3) is 2.65. The number of methoxy groups -OCH3 is 1. The fourth-order valence-corrected chi connectivity index (χ4v) is 2.60. The minimum atomic E-state index is -0.513. The fraction of sp³-hybridized carbons (Fsp3) is 0.167. The number of aromatic amines is 1. The lowest BCUT2D eigenvalue weighted by atomic mass is 10.0. The summed E-state index contributed by atoms with van der Waals surface area (Å²) >= 11 is 0. The molecule has 1 N–H and O–H groups in total. The Kier molecular flexibility index (Phi) is 4.02. The van der Waals surface area contributed by atoms with Crippen molar-refractivity contribution < 1.29 is 18.7 Å². The van der Waals surface area contributed by atoms with Crippen molar-refractivity contribution in [2.45, 2.75) is 6.92 Å². The monoisotopic (exact) mass is 313 g/mol. The Morgan fingerprint density at radius 1 is 1.22 bits per heavy atom. The number of carbonyl (C=O) groups is 1. The highest BCUT2D eigenvalue weighted by atomic mass is 19.1. The second-order valence-corrected chi connectivity index (χ2v) is 4.99. The molecule has 23 heavy (non-hydrogen) atoms. The van der Waals surface area contributed by atoms with E-state index >= 15 is 0 Å². The lowest BCUT2D eigenvalue weighted by Crippen LogP contribution is -2.06. The molecule has 1 aromatic heterocycles. The van der Waals surface area contributed by atoms with Crippen LogP contribution in [0.4, 0.5) is 4.39 Å². The van der Waals surface area contributed by atoms with Crippen molar-refractivity contribution in [1.82, 2.24) is 4.98 Å². The Labute approximate surface area is 132 Å². The number of aromatic nitrogens is 1. The van der Waals surface area contributed by atoms with E-state index in [1.807, 2.05) is 0 Å². The van der Waals surface area contributed by atoms with Crippen molar-refractivity contribution >= 4 is 16.9 Å². The predicted octanol–water partition coefficient (Wildman–Crippen LogP) is 4.16. The van der Waals surface area contributed by atoms with Gasteiger partial charge in [-0.1, -0.05) is 18.2 Å². The molecule has 0 aliphatic rings. The molecule has 3 aromatic rings. The summed E-state index contributed by atoms with van der Waals surface area (Å²) in [5.41, 5.74) is 1.78. The number of carbonyl (C=O) groups excluding carboxylic acids is 1. The van der Waals surface area contributed by atoms with Gasteiger partial charge in [-0.05, 0) is 31.2 Å². The van der Waals surface area contributed by atoms with Crippen LogP contribution in [0, 0.1) is 5.82 Å². The molecule has 0 radical (unpaired) electrons. The molecule has 0 saturated heterocycles. The summed E-state index contributed by atoms with van der Waals surface area (Å²) in [6.07, 6.45) is 0. The Balaban J connectivity index is 2.32. The zero-order chi connectivity index (χ0) is 16.4. The predicted molar refractivity (Wildman–Crippen MR) is 86.2 cm³/mol. The average Bonchev–Trinajstić information content (AvgIpc) is 2.94. The largest absolute Gasteiger partial charge is 0.497 e. The Bertz CT molecular complexity index is 870. The van der Waals surface area contributed by atoms with E-state index in [4.69, 9.17) is 9.47 Å². The van der Waals surface area contributed by atoms with E-state index in [1.165, 1.54) is 6.07 Å². The van der Waals surface area contributed by atoms with E-state index in [2.05, 4.69) is 4.98 Å². The second-order valence-electron chi connectivity index (χ2n) is 4.99. The summed E-state index contributed by atoms with van der Waals surface area (Å²) in [5.74, 6) is -0.285. The molecule has 0 aliphatic carbocycles. The van der Waals surface area contributed by atoms with E-state index in [9.17, 15) is 9.18 Å². The van der Waals surface area contributed by atoms with Gasteiger partial charge < -0.3 is 14.5 Å². The van der Waals surface area contributed by atoms with Crippen molar-refractivity contribution in [2.24, 2.45) is 0 Å². The average molecular weight is 313 g/mol. The zero-order valence-corrected chi connectivity index (χ0v) is 12.9. The lowest BCUT2D eigenvalue weighted by molar-refractivity contribution is 0.0521. The normalized spacial score (nSPS) is 10.7. The van der Waals surface area contributed by atoms with Gasteiger partial charge in [0, 0.05) is 22.0 Å². The van der Waals surface area contributed by atoms with Crippen LogP contribution >= 0.6 is 0 Å².